The molecule has 3 N–H and O–H groups in total. The first-order valence-corrected chi connectivity index (χ1v) is 11.8. The summed E-state index contributed by atoms with van der Waals surface area (Å²) in [4.78, 5) is 22.0. The molecule has 0 spiro atoms. The quantitative estimate of drug-likeness (QED) is 0.566. The predicted octanol–water partition coefficient (Wildman–Crippen LogP) is 0.971. The number of aliphatic hydroxyl groups is 1. The van der Waals surface area contributed by atoms with Crippen molar-refractivity contribution in [3.05, 3.63) is 47.5 Å². The summed E-state index contributed by atoms with van der Waals surface area (Å²) in [5.74, 6) is -0.561. The molecule has 0 saturated carbocycles. The minimum atomic E-state index is -0.636. The van der Waals surface area contributed by atoms with E-state index in [1.54, 1.807) is 4.90 Å². The largest absolute Gasteiger partial charge is 0.390 e. The predicted molar refractivity (Wildman–Crippen MR) is 127 cm³/mol. The third kappa shape index (κ3) is 6.07. The number of nitrogens with two attached hydrogens (primary N) is 1. The fraction of sp³-hybridized carbons (Fsp3) is 0.600. The Bertz CT molecular complexity index is 900. The van der Waals surface area contributed by atoms with Crippen molar-refractivity contribution in [3.63, 3.8) is 0 Å². The molecule has 1 saturated heterocycles. The maximum atomic E-state index is 13.4. The number of aliphatic imine (C=N–C) groups is 1. The van der Waals surface area contributed by atoms with Crippen molar-refractivity contribution in [1.82, 2.24) is 9.80 Å². The summed E-state index contributed by atoms with van der Waals surface area (Å²) in [5.41, 5.74) is 8.33. The first-order valence-electron chi connectivity index (χ1n) is 11.8. The number of carbonyl (C=O) groups excluding carboxylic acids is 1. The lowest BCUT2D eigenvalue weighted by atomic mass is 9.99. The summed E-state index contributed by atoms with van der Waals surface area (Å²) in [6.45, 7) is 8.12. The number of ether oxygens (including phenoxy) is 2. The van der Waals surface area contributed by atoms with E-state index in [-0.39, 0.29) is 12.5 Å². The maximum Gasteiger partial charge on any atom is 0.234 e. The Morgan fingerprint density at radius 2 is 2.09 bits per heavy atom. The SMILES string of the molecule is CC1(C)CN(CC(O)CN2CCc3ccccc3C2)C(=O)C2C=CC(COCCN)=NC2O1. The van der Waals surface area contributed by atoms with E-state index in [9.17, 15) is 9.90 Å². The Morgan fingerprint density at radius 1 is 1.30 bits per heavy atom. The number of rotatable bonds is 8. The molecule has 3 atom stereocenters. The molecule has 3 unspecified atom stereocenters. The lowest BCUT2D eigenvalue weighted by molar-refractivity contribution is -0.136. The van der Waals surface area contributed by atoms with Gasteiger partial charge in [0, 0.05) is 39.3 Å². The van der Waals surface area contributed by atoms with Gasteiger partial charge < -0.3 is 25.2 Å². The van der Waals surface area contributed by atoms with E-state index in [1.807, 2.05) is 26.0 Å². The van der Waals surface area contributed by atoms with E-state index in [1.165, 1.54) is 11.1 Å². The van der Waals surface area contributed by atoms with Crippen LogP contribution in [0, 0.1) is 5.92 Å². The number of dihydropyridines is 1. The smallest absolute Gasteiger partial charge is 0.234 e. The van der Waals surface area contributed by atoms with E-state index in [0.29, 0.717) is 32.8 Å². The first kappa shape index (κ1) is 24.0. The summed E-state index contributed by atoms with van der Waals surface area (Å²) in [7, 11) is 0. The number of β-amino-alcohol motifs (C(OH)–C–C–N with tert-alkyl or cyclic N) is 1. The van der Waals surface area contributed by atoms with Crippen LogP contribution in [0.2, 0.25) is 0 Å². The van der Waals surface area contributed by atoms with Crippen LogP contribution in [0.4, 0.5) is 0 Å². The molecule has 0 aromatic heterocycles. The number of nitrogens with zero attached hydrogens (tertiary/aromatic N) is 3. The van der Waals surface area contributed by atoms with Crippen LogP contribution in [0.5, 0.6) is 0 Å². The molecule has 0 aliphatic carbocycles. The summed E-state index contributed by atoms with van der Waals surface area (Å²) in [5, 5.41) is 10.9. The number of fused-ring (bicyclic) bond motifs is 2. The van der Waals surface area contributed by atoms with Crippen molar-refractivity contribution in [3.8, 4) is 0 Å². The second kappa shape index (κ2) is 10.4. The molecule has 1 fully saturated rings. The minimum absolute atomic E-state index is 0.0597. The summed E-state index contributed by atoms with van der Waals surface area (Å²) in [6, 6.07) is 8.46. The van der Waals surface area contributed by atoms with Crippen molar-refractivity contribution < 1.29 is 19.4 Å². The molecule has 1 amide bonds. The Morgan fingerprint density at radius 3 is 2.88 bits per heavy atom. The highest BCUT2D eigenvalue weighted by molar-refractivity contribution is 5.98. The summed E-state index contributed by atoms with van der Waals surface area (Å²) < 4.78 is 11.7. The van der Waals surface area contributed by atoms with Crippen LogP contribution in [0.3, 0.4) is 0 Å². The van der Waals surface area contributed by atoms with Gasteiger partial charge in [-0.15, -0.1) is 0 Å². The van der Waals surface area contributed by atoms with Gasteiger partial charge in [-0.3, -0.25) is 14.7 Å². The van der Waals surface area contributed by atoms with Crippen LogP contribution in [-0.4, -0.2) is 90.4 Å². The first-order chi connectivity index (χ1) is 15.8. The maximum absolute atomic E-state index is 13.4. The zero-order valence-corrected chi connectivity index (χ0v) is 19.7. The van der Waals surface area contributed by atoms with Crippen molar-refractivity contribution >= 4 is 11.6 Å². The van der Waals surface area contributed by atoms with Crippen molar-refractivity contribution in [2.24, 2.45) is 16.6 Å². The molecule has 0 radical (unpaired) electrons. The Hall–Kier alpha value is -2.10. The van der Waals surface area contributed by atoms with Gasteiger partial charge in [0.1, 0.15) is 5.92 Å². The zero-order valence-electron chi connectivity index (χ0n) is 19.7. The van der Waals surface area contributed by atoms with Crippen molar-refractivity contribution in [1.29, 1.82) is 0 Å². The van der Waals surface area contributed by atoms with Crippen LogP contribution in [0.1, 0.15) is 25.0 Å². The lowest BCUT2D eigenvalue weighted by Crippen LogP contribution is -2.48. The fourth-order valence-electron chi connectivity index (χ4n) is 4.83. The molecule has 1 aromatic rings. The van der Waals surface area contributed by atoms with E-state index < -0.39 is 23.9 Å². The van der Waals surface area contributed by atoms with Crippen LogP contribution < -0.4 is 5.73 Å². The second-order valence-corrected chi connectivity index (χ2v) is 9.74. The average Bonchev–Trinajstić information content (AvgIpc) is 2.86. The number of carbonyl (C=O) groups is 1. The molecule has 1 aromatic carbocycles. The number of hydrogen-bond acceptors (Lipinski definition) is 7. The summed E-state index contributed by atoms with van der Waals surface area (Å²) >= 11 is 0. The van der Waals surface area contributed by atoms with E-state index >= 15 is 0 Å². The second-order valence-electron chi connectivity index (χ2n) is 9.74. The highest BCUT2D eigenvalue weighted by Crippen LogP contribution is 2.29. The van der Waals surface area contributed by atoms with Crippen LogP contribution in [0.25, 0.3) is 0 Å². The van der Waals surface area contributed by atoms with Gasteiger partial charge in [-0.05, 0) is 37.5 Å². The Labute approximate surface area is 196 Å². The molecule has 180 valence electrons. The van der Waals surface area contributed by atoms with E-state index in [0.717, 1.165) is 25.2 Å². The molecule has 3 heterocycles. The average molecular weight is 457 g/mol. The molecule has 0 bridgehead atoms. The Kier molecular flexibility index (Phi) is 7.61. The van der Waals surface area contributed by atoms with Gasteiger partial charge in [0.05, 0.1) is 30.6 Å². The molecule has 3 aliphatic rings. The van der Waals surface area contributed by atoms with Crippen LogP contribution in [0.15, 0.2) is 41.4 Å². The topological polar surface area (TPSA) is 101 Å². The van der Waals surface area contributed by atoms with Gasteiger partial charge in [0.25, 0.3) is 0 Å². The van der Waals surface area contributed by atoms with Gasteiger partial charge in [-0.1, -0.05) is 30.3 Å². The fourth-order valence-corrected chi connectivity index (χ4v) is 4.83. The number of aliphatic hydroxyl groups excluding tert-OH is 1. The van der Waals surface area contributed by atoms with Crippen LogP contribution >= 0.6 is 0 Å². The zero-order chi connectivity index (χ0) is 23.4. The van der Waals surface area contributed by atoms with Crippen molar-refractivity contribution in [2.75, 3.05) is 45.9 Å². The summed E-state index contributed by atoms with van der Waals surface area (Å²) in [6.07, 6.45) is 3.44. The molecular formula is C25H36N4O4. The highest BCUT2D eigenvalue weighted by atomic mass is 16.5. The third-order valence-electron chi connectivity index (χ3n) is 6.33. The van der Waals surface area contributed by atoms with Gasteiger partial charge >= 0.3 is 0 Å². The molecule has 33 heavy (non-hydrogen) atoms. The molecular weight excluding hydrogens is 420 g/mol. The van der Waals surface area contributed by atoms with Gasteiger partial charge in [-0.2, -0.15) is 0 Å². The van der Waals surface area contributed by atoms with Crippen LogP contribution in [-0.2, 0) is 27.2 Å². The molecule has 8 nitrogen and oxygen atoms in total. The van der Waals surface area contributed by atoms with E-state index in [4.69, 9.17) is 15.2 Å². The standard InChI is InChI=1S/C25H36N4O4/c1-25(2)17-29(15-21(30)14-28-11-9-18-5-3-4-6-19(18)13-28)24(31)22-8-7-20(16-32-12-10-26)27-23(22)33-25/h3-8,21-23,30H,9-17,26H2,1-2H3. The number of amides is 1. The highest BCUT2D eigenvalue weighted by Gasteiger charge is 2.42. The van der Waals surface area contributed by atoms with Gasteiger partial charge in [0.15, 0.2) is 6.23 Å². The van der Waals surface area contributed by atoms with Crippen molar-refractivity contribution in [2.45, 2.75) is 44.7 Å². The third-order valence-corrected chi connectivity index (χ3v) is 6.33. The van der Waals surface area contributed by atoms with Gasteiger partial charge in [-0.25, -0.2) is 0 Å². The number of hydrogen-bond donors (Lipinski definition) is 2. The minimum Gasteiger partial charge on any atom is -0.390 e. The van der Waals surface area contributed by atoms with E-state index in [2.05, 4.69) is 34.2 Å². The molecule has 4 rings (SSSR count). The van der Waals surface area contributed by atoms with Gasteiger partial charge in [0.2, 0.25) is 5.91 Å². The molecule has 3 aliphatic heterocycles. The monoisotopic (exact) mass is 456 g/mol. The Balaban J connectivity index is 1.38. The number of benzene rings is 1. The normalized spacial score (nSPS) is 25.8. The molecule has 8 heteroatoms. The lowest BCUT2D eigenvalue weighted by Gasteiger charge is -2.34.